The highest BCUT2D eigenvalue weighted by Gasteiger charge is 2.37. The average Bonchev–Trinajstić information content (AvgIpc) is 2.87. The van der Waals surface area contributed by atoms with E-state index in [1.54, 1.807) is 0 Å². The van der Waals surface area contributed by atoms with Crippen molar-refractivity contribution in [2.24, 2.45) is 0 Å². The molecule has 2 aromatic rings. The summed E-state index contributed by atoms with van der Waals surface area (Å²) in [5.41, 5.74) is 5.80. The Kier molecular flexibility index (Phi) is 5.93. The number of carbonyl (C=O) groups excluding carboxylic acids is 1. The largest absolute Gasteiger partial charge is 0.397 e. The number of halogens is 3. The second kappa shape index (κ2) is 7.74. The molecule has 2 aromatic heterocycles. The predicted molar refractivity (Wildman–Crippen MR) is 86.7 cm³/mol. The van der Waals surface area contributed by atoms with E-state index in [0.717, 1.165) is 25.7 Å². The van der Waals surface area contributed by atoms with Gasteiger partial charge in [-0.3, -0.25) is 0 Å². The number of carbonyl (C=O) groups is 1. The van der Waals surface area contributed by atoms with Crippen LogP contribution in [0.4, 0.5) is 14.5 Å². The number of imidazole rings is 1. The van der Waals surface area contributed by atoms with E-state index in [0.29, 0.717) is 11.2 Å². The Morgan fingerprint density at radius 2 is 2.08 bits per heavy atom. The van der Waals surface area contributed by atoms with E-state index < -0.39 is 17.2 Å². The van der Waals surface area contributed by atoms with Crippen molar-refractivity contribution in [1.29, 1.82) is 0 Å². The molecule has 0 aliphatic rings. The van der Waals surface area contributed by atoms with Crippen molar-refractivity contribution >= 4 is 34.4 Å². The lowest BCUT2D eigenvalue weighted by molar-refractivity contribution is -0.144. The summed E-state index contributed by atoms with van der Waals surface area (Å²) in [4.78, 5) is 24.5. The predicted octanol–water partition coefficient (Wildman–Crippen LogP) is 3.62. The van der Waals surface area contributed by atoms with E-state index in [1.165, 1.54) is 12.3 Å². The number of hydrogen-bond donors (Lipinski definition) is 1. The first-order chi connectivity index (χ1) is 11.3. The lowest BCUT2D eigenvalue weighted by atomic mass is 10.1. The van der Waals surface area contributed by atoms with Gasteiger partial charge in [0.1, 0.15) is 0 Å². The van der Waals surface area contributed by atoms with Gasteiger partial charge < -0.3 is 10.6 Å². The number of nitrogen functional groups attached to an aromatic ring is 1. The second-order valence-corrected chi connectivity index (χ2v) is 5.90. The first-order valence-corrected chi connectivity index (χ1v) is 8.13. The molecule has 0 bridgehead atoms. The van der Waals surface area contributed by atoms with Crippen LogP contribution in [-0.2, 0) is 10.2 Å². The topological polar surface area (TPSA) is 83.0 Å². The number of unbranched alkanes of at least 4 members (excludes halogenated alkanes) is 4. The number of pyridine rings is 1. The van der Waals surface area contributed by atoms with Crippen LogP contribution in [0.15, 0.2) is 12.3 Å². The maximum Gasteiger partial charge on any atom is 0.383 e. The lowest BCUT2D eigenvalue weighted by Crippen LogP contribution is -2.25. The summed E-state index contributed by atoms with van der Waals surface area (Å²) in [6, 6.07) is 1.40. The molecule has 0 saturated carbocycles. The van der Waals surface area contributed by atoms with Crippen LogP contribution in [0.2, 0.25) is 0 Å². The number of anilines is 1. The summed E-state index contributed by atoms with van der Waals surface area (Å²) in [5, 5.41) is -3.82. The van der Waals surface area contributed by atoms with Gasteiger partial charge in [-0.25, -0.2) is 14.8 Å². The fourth-order valence-corrected chi connectivity index (χ4v) is 2.41. The van der Waals surface area contributed by atoms with Crippen molar-refractivity contribution in [3.63, 3.8) is 0 Å². The summed E-state index contributed by atoms with van der Waals surface area (Å²) in [6.07, 6.45) is 6.11. The van der Waals surface area contributed by atoms with Gasteiger partial charge >= 0.3 is 11.4 Å². The number of rotatable bonds is 8. The van der Waals surface area contributed by atoms with Crippen LogP contribution in [0.3, 0.4) is 0 Å². The van der Waals surface area contributed by atoms with Gasteiger partial charge in [-0.1, -0.05) is 32.6 Å². The van der Waals surface area contributed by atoms with E-state index >= 15 is 0 Å². The molecule has 6 nitrogen and oxygen atoms in total. The third-order valence-corrected chi connectivity index (χ3v) is 3.64. The molecule has 132 valence electrons. The minimum Gasteiger partial charge on any atom is -0.397 e. The summed E-state index contributed by atoms with van der Waals surface area (Å²) >= 11 is 5.06. The molecule has 0 aromatic carbocycles. The van der Waals surface area contributed by atoms with Crippen LogP contribution in [0.1, 0.15) is 51.3 Å². The summed E-state index contributed by atoms with van der Waals surface area (Å²) < 4.78 is 27.7. The average molecular weight is 361 g/mol. The highest BCUT2D eigenvalue weighted by molar-refractivity contribution is 6.21. The number of hydrogen-bond acceptors (Lipinski definition) is 5. The molecule has 0 unspecified atom stereocenters. The fourth-order valence-electron chi connectivity index (χ4n) is 2.29. The molecule has 0 spiro atoms. The van der Waals surface area contributed by atoms with Crippen molar-refractivity contribution in [3.8, 4) is 0 Å². The molecular formula is C15H19ClF2N4O2. The van der Waals surface area contributed by atoms with Gasteiger partial charge in [0.05, 0.1) is 5.69 Å². The highest BCUT2D eigenvalue weighted by atomic mass is 35.5. The normalized spacial score (nSPS) is 11.8. The summed E-state index contributed by atoms with van der Waals surface area (Å²) in [6.45, 7) is 2.09. The Hall–Kier alpha value is -1.96. The Bertz CT molecular complexity index is 715. The molecule has 0 fully saturated rings. The van der Waals surface area contributed by atoms with E-state index in [4.69, 9.17) is 22.2 Å². The minimum absolute atomic E-state index is 0.00726. The van der Waals surface area contributed by atoms with Gasteiger partial charge in [0.15, 0.2) is 11.2 Å². The molecule has 0 aliphatic carbocycles. The number of aromatic nitrogens is 3. The Balaban J connectivity index is 2.19. The quantitative estimate of drug-likeness (QED) is 0.574. The van der Waals surface area contributed by atoms with Crippen molar-refractivity contribution in [1.82, 2.24) is 14.7 Å². The first-order valence-electron chi connectivity index (χ1n) is 7.76. The molecule has 0 amide bonds. The summed E-state index contributed by atoms with van der Waals surface area (Å²) in [7, 11) is 0. The van der Waals surface area contributed by atoms with Crippen LogP contribution in [0.25, 0.3) is 11.2 Å². The first kappa shape index (κ1) is 18.4. The van der Waals surface area contributed by atoms with Gasteiger partial charge in [-0.15, -0.1) is 4.73 Å². The number of fused-ring (bicyclic) bond motifs is 1. The van der Waals surface area contributed by atoms with Gasteiger partial charge in [0.2, 0.25) is 5.82 Å². The maximum atomic E-state index is 13.5. The molecule has 2 heterocycles. The molecular weight excluding hydrogens is 342 g/mol. The van der Waals surface area contributed by atoms with Crippen molar-refractivity contribution in [2.75, 3.05) is 5.73 Å². The van der Waals surface area contributed by atoms with Crippen LogP contribution in [0, 0.1) is 0 Å². The van der Waals surface area contributed by atoms with Gasteiger partial charge in [0, 0.05) is 12.6 Å². The van der Waals surface area contributed by atoms with E-state index in [2.05, 4.69) is 16.9 Å². The third-order valence-electron chi connectivity index (χ3n) is 3.47. The van der Waals surface area contributed by atoms with Gasteiger partial charge in [0.25, 0.3) is 0 Å². The van der Waals surface area contributed by atoms with Crippen LogP contribution >= 0.6 is 11.6 Å². The van der Waals surface area contributed by atoms with Crippen molar-refractivity contribution < 1.29 is 18.4 Å². The summed E-state index contributed by atoms with van der Waals surface area (Å²) in [5.74, 6) is -1.58. The maximum absolute atomic E-state index is 13.5. The van der Waals surface area contributed by atoms with Crippen molar-refractivity contribution in [2.45, 2.75) is 50.8 Å². The molecule has 9 heteroatoms. The zero-order valence-electron chi connectivity index (χ0n) is 13.3. The lowest BCUT2D eigenvalue weighted by Gasteiger charge is -2.12. The Labute approximate surface area is 142 Å². The highest BCUT2D eigenvalue weighted by Crippen LogP contribution is 2.34. The van der Waals surface area contributed by atoms with E-state index in [1.807, 2.05) is 0 Å². The SMILES string of the molecule is CCCCCCCC(=O)On1c(C(F)(F)Cl)nc2nccc(N)c21. The molecule has 0 atom stereocenters. The number of alkyl halides is 3. The molecule has 0 aliphatic heterocycles. The standard InChI is InChI=1S/C15H19ClF2N4O2/c1-2-3-4-5-6-7-11(23)24-22-12-10(19)8-9-20-13(12)21-14(22)15(16,17)18/h8-9H,2-7H2,1H3,(H2,19,20). The molecule has 0 saturated heterocycles. The smallest absolute Gasteiger partial charge is 0.383 e. The van der Waals surface area contributed by atoms with Crippen LogP contribution < -0.4 is 10.6 Å². The fraction of sp³-hybridized carbons (Fsp3) is 0.533. The second-order valence-electron chi connectivity index (χ2n) is 5.43. The van der Waals surface area contributed by atoms with Gasteiger partial charge in [-0.05, 0) is 24.1 Å². The Morgan fingerprint density at radius 3 is 2.75 bits per heavy atom. The number of nitrogens with zero attached hydrogens (tertiary/aromatic N) is 3. The number of nitrogens with two attached hydrogens (primary N) is 1. The van der Waals surface area contributed by atoms with E-state index in [-0.39, 0.29) is 23.3 Å². The van der Waals surface area contributed by atoms with Crippen LogP contribution in [-0.4, -0.2) is 20.7 Å². The third kappa shape index (κ3) is 4.31. The monoisotopic (exact) mass is 360 g/mol. The zero-order valence-corrected chi connectivity index (χ0v) is 14.0. The van der Waals surface area contributed by atoms with Crippen LogP contribution in [0.5, 0.6) is 0 Å². The van der Waals surface area contributed by atoms with Gasteiger partial charge in [-0.2, -0.15) is 8.78 Å². The molecule has 0 radical (unpaired) electrons. The minimum atomic E-state index is -3.82. The zero-order chi connectivity index (χ0) is 17.7. The Morgan fingerprint density at radius 1 is 1.38 bits per heavy atom. The molecule has 24 heavy (non-hydrogen) atoms. The van der Waals surface area contributed by atoms with E-state index in [9.17, 15) is 13.6 Å². The molecule has 2 rings (SSSR count). The van der Waals surface area contributed by atoms with Crippen molar-refractivity contribution in [3.05, 3.63) is 18.1 Å². The molecule has 2 N–H and O–H groups in total.